The van der Waals surface area contributed by atoms with Crippen molar-refractivity contribution in [2.24, 2.45) is 0 Å². The fourth-order valence-corrected chi connectivity index (χ4v) is 1.80. The zero-order chi connectivity index (χ0) is 14.8. The minimum atomic E-state index is -0.464. The van der Waals surface area contributed by atoms with Crippen LogP contribution in [-0.2, 0) is 5.41 Å². The van der Waals surface area contributed by atoms with Crippen LogP contribution in [0.2, 0.25) is 0 Å². The molecular weight excluding hydrogens is 256 g/mol. The summed E-state index contributed by atoms with van der Waals surface area (Å²) in [6.07, 6.45) is 6.71. The van der Waals surface area contributed by atoms with E-state index >= 15 is 0 Å². The van der Waals surface area contributed by atoms with Gasteiger partial charge in [-0.25, -0.2) is 4.98 Å². The molecule has 0 unspecified atom stereocenters. The lowest BCUT2D eigenvalue weighted by Crippen LogP contribution is -2.13. The van der Waals surface area contributed by atoms with E-state index in [2.05, 4.69) is 36.0 Å². The molecule has 0 aliphatic rings. The van der Waals surface area contributed by atoms with Crippen LogP contribution in [0.15, 0.2) is 24.5 Å². The topological polar surface area (TPSA) is 84.7 Å². The fraction of sp³-hybridized carbons (Fsp3) is 0.286. The van der Waals surface area contributed by atoms with Gasteiger partial charge in [0, 0.05) is 22.7 Å². The Bertz CT molecular complexity index is 636. The summed E-state index contributed by atoms with van der Waals surface area (Å²) in [6, 6.07) is 3.05. The summed E-state index contributed by atoms with van der Waals surface area (Å²) in [7, 11) is 0. The second-order valence-electron chi connectivity index (χ2n) is 5.48. The van der Waals surface area contributed by atoms with Crippen molar-refractivity contribution in [2.45, 2.75) is 26.2 Å². The summed E-state index contributed by atoms with van der Waals surface area (Å²) in [5, 5.41) is 17.6. The van der Waals surface area contributed by atoms with Gasteiger partial charge >= 0.3 is 0 Å². The first-order valence-corrected chi connectivity index (χ1v) is 6.20. The van der Waals surface area contributed by atoms with Crippen LogP contribution >= 0.6 is 0 Å². The number of aromatic amines is 1. The number of aromatic nitrogens is 3. The molecule has 0 atom stereocenters. The van der Waals surface area contributed by atoms with Gasteiger partial charge in [-0.3, -0.25) is 15.2 Å². The van der Waals surface area contributed by atoms with Gasteiger partial charge in [-0.2, -0.15) is 5.10 Å². The summed E-state index contributed by atoms with van der Waals surface area (Å²) >= 11 is 0. The second kappa shape index (κ2) is 5.24. The van der Waals surface area contributed by atoms with Crippen molar-refractivity contribution in [3.63, 3.8) is 0 Å². The Kier molecular flexibility index (Phi) is 3.65. The van der Waals surface area contributed by atoms with Crippen LogP contribution in [0, 0.1) is 10.1 Å². The third-order valence-corrected chi connectivity index (χ3v) is 2.83. The maximum atomic E-state index is 10.5. The van der Waals surface area contributed by atoms with Crippen LogP contribution < -0.4 is 0 Å². The van der Waals surface area contributed by atoms with Gasteiger partial charge in [0.2, 0.25) is 0 Å². The number of hydrogen-bond donors (Lipinski definition) is 1. The second-order valence-corrected chi connectivity index (χ2v) is 5.48. The van der Waals surface area contributed by atoms with Gasteiger partial charge in [0.1, 0.15) is 6.20 Å². The zero-order valence-corrected chi connectivity index (χ0v) is 11.6. The number of nitro groups is 1. The highest BCUT2D eigenvalue weighted by molar-refractivity contribution is 5.69. The molecule has 0 radical (unpaired) electrons. The molecule has 0 bridgehead atoms. The largest absolute Gasteiger partial charge is 0.287 e. The molecule has 2 heterocycles. The number of nitrogens with one attached hydrogen (secondary N) is 1. The molecule has 0 aliphatic heterocycles. The van der Waals surface area contributed by atoms with Gasteiger partial charge in [-0.05, 0) is 18.2 Å². The van der Waals surface area contributed by atoms with Crippen LogP contribution in [0.25, 0.3) is 12.2 Å². The summed E-state index contributed by atoms with van der Waals surface area (Å²) < 4.78 is 0. The molecule has 2 aromatic rings. The van der Waals surface area contributed by atoms with Gasteiger partial charge in [0.25, 0.3) is 5.69 Å². The van der Waals surface area contributed by atoms with Gasteiger partial charge in [-0.15, -0.1) is 0 Å². The first-order chi connectivity index (χ1) is 9.38. The van der Waals surface area contributed by atoms with Crippen molar-refractivity contribution < 1.29 is 4.92 Å². The maximum Gasteiger partial charge on any atom is 0.287 e. The van der Waals surface area contributed by atoms with E-state index in [1.54, 1.807) is 12.3 Å². The lowest BCUT2D eigenvalue weighted by atomic mass is 9.89. The van der Waals surface area contributed by atoms with Crippen LogP contribution in [-0.4, -0.2) is 20.1 Å². The van der Waals surface area contributed by atoms with E-state index < -0.39 is 4.92 Å². The number of hydrogen-bond acceptors (Lipinski definition) is 4. The van der Waals surface area contributed by atoms with Gasteiger partial charge in [-0.1, -0.05) is 20.8 Å². The fourth-order valence-electron chi connectivity index (χ4n) is 1.80. The minimum Gasteiger partial charge on any atom is -0.281 e. The summed E-state index contributed by atoms with van der Waals surface area (Å²) in [5.74, 6) is 0. The lowest BCUT2D eigenvalue weighted by molar-refractivity contribution is -0.385. The molecule has 6 nitrogen and oxygen atoms in total. The predicted octanol–water partition coefficient (Wildman–Crippen LogP) is 3.18. The smallest absolute Gasteiger partial charge is 0.281 e. The molecule has 104 valence electrons. The molecule has 2 rings (SSSR count). The van der Waals surface area contributed by atoms with Crippen LogP contribution in [0.4, 0.5) is 5.69 Å². The molecule has 1 N–H and O–H groups in total. The average molecular weight is 272 g/mol. The third kappa shape index (κ3) is 3.09. The minimum absolute atomic E-state index is 0.0131. The van der Waals surface area contributed by atoms with Crippen molar-refractivity contribution in [2.75, 3.05) is 0 Å². The molecular formula is C14H16N4O2. The van der Waals surface area contributed by atoms with E-state index in [0.29, 0.717) is 5.69 Å². The van der Waals surface area contributed by atoms with Gasteiger partial charge in [0.15, 0.2) is 0 Å². The number of nitrogens with zero attached hydrogens (tertiary/aromatic N) is 3. The Morgan fingerprint density at radius 2 is 2.00 bits per heavy atom. The van der Waals surface area contributed by atoms with E-state index in [1.807, 2.05) is 12.2 Å². The Labute approximate surface area is 116 Å². The van der Waals surface area contributed by atoms with E-state index in [0.717, 1.165) is 11.3 Å². The van der Waals surface area contributed by atoms with Crippen LogP contribution in [0.3, 0.4) is 0 Å². The molecule has 6 heteroatoms. The summed E-state index contributed by atoms with van der Waals surface area (Å²) in [5.41, 5.74) is 2.64. The van der Waals surface area contributed by atoms with Crippen molar-refractivity contribution in [3.8, 4) is 0 Å². The highest BCUT2D eigenvalue weighted by Crippen LogP contribution is 2.24. The number of pyridine rings is 1. The van der Waals surface area contributed by atoms with Crippen LogP contribution in [0.5, 0.6) is 0 Å². The van der Waals surface area contributed by atoms with E-state index in [1.165, 1.54) is 12.3 Å². The molecule has 2 aromatic heterocycles. The molecule has 0 aliphatic carbocycles. The lowest BCUT2D eigenvalue weighted by Gasteiger charge is -2.17. The summed E-state index contributed by atoms with van der Waals surface area (Å²) in [6.45, 7) is 6.30. The molecule has 0 fully saturated rings. The highest BCUT2D eigenvalue weighted by atomic mass is 16.6. The first-order valence-electron chi connectivity index (χ1n) is 6.20. The van der Waals surface area contributed by atoms with Crippen molar-refractivity contribution in [1.82, 2.24) is 15.2 Å². The van der Waals surface area contributed by atoms with E-state index in [-0.39, 0.29) is 11.1 Å². The Morgan fingerprint density at radius 1 is 1.25 bits per heavy atom. The van der Waals surface area contributed by atoms with Crippen LogP contribution in [0.1, 0.15) is 37.7 Å². The predicted molar refractivity (Wildman–Crippen MR) is 77.1 cm³/mol. The molecule has 20 heavy (non-hydrogen) atoms. The average Bonchev–Trinajstić information content (AvgIpc) is 2.85. The van der Waals surface area contributed by atoms with E-state index in [4.69, 9.17) is 0 Å². The zero-order valence-electron chi connectivity index (χ0n) is 11.6. The van der Waals surface area contributed by atoms with Gasteiger partial charge < -0.3 is 0 Å². The molecule has 0 saturated carbocycles. The normalized spacial score (nSPS) is 11.9. The van der Waals surface area contributed by atoms with Gasteiger partial charge in [0.05, 0.1) is 16.8 Å². The molecule has 0 amide bonds. The number of rotatable bonds is 3. The van der Waals surface area contributed by atoms with Crippen molar-refractivity contribution in [1.29, 1.82) is 0 Å². The SMILES string of the molecule is CC(C)(C)c1[nH]ncc1/C=C/c1ccc([N+](=O)[O-])cn1. The van der Waals surface area contributed by atoms with Crippen molar-refractivity contribution >= 4 is 17.8 Å². The Morgan fingerprint density at radius 3 is 2.55 bits per heavy atom. The van der Waals surface area contributed by atoms with E-state index in [9.17, 15) is 10.1 Å². The first kappa shape index (κ1) is 13.9. The Hall–Kier alpha value is -2.50. The standard InChI is InChI=1S/C14H16N4O2/c1-14(2,3)13-10(8-16-17-13)4-5-11-6-7-12(9-15-11)18(19)20/h4-9H,1-3H3,(H,16,17)/b5-4+. The molecule has 0 saturated heterocycles. The molecule has 0 aromatic carbocycles. The quantitative estimate of drug-likeness (QED) is 0.687. The molecule has 0 spiro atoms. The summed E-state index contributed by atoms with van der Waals surface area (Å²) in [4.78, 5) is 14.1. The van der Waals surface area contributed by atoms with Crippen molar-refractivity contribution in [3.05, 3.63) is 51.6 Å². The maximum absolute atomic E-state index is 10.5. The third-order valence-electron chi connectivity index (χ3n) is 2.83. The number of H-pyrrole nitrogens is 1. The monoisotopic (exact) mass is 272 g/mol. The Balaban J connectivity index is 2.22. The highest BCUT2D eigenvalue weighted by Gasteiger charge is 2.18.